The van der Waals surface area contributed by atoms with Gasteiger partial charge in [0.2, 0.25) is 17.8 Å². The van der Waals surface area contributed by atoms with Crippen LogP contribution in [0.1, 0.15) is 13.3 Å². The molecule has 8 nitrogen and oxygen atoms in total. The van der Waals surface area contributed by atoms with Crippen LogP contribution in [0.5, 0.6) is 0 Å². The SMILES string of the molecule is CC1OCCC1CNc1nc(NN)nc(N(C)C)n1. The molecule has 4 N–H and O–H groups in total. The molecule has 1 aliphatic heterocycles. The Labute approximate surface area is 112 Å². The van der Waals surface area contributed by atoms with Gasteiger partial charge in [0.15, 0.2) is 0 Å². The number of anilines is 3. The van der Waals surface area contributed by atoms with Crippen molar-refractivity contribution in [1.29, 1.82) is 0 Å². The maximum Gasteiger partial charge on any atom is 0.243 e. The van der Waals surface area contributed by atoms with E-state index in [0.717, 1.165) is 19.6 Å². The first-order chi connectivity index (χ1) is 9.10. The zero-order chi connectivity index (χ0) is 13.8. The van der Waals surface area contributed by atoms with Gasteiger partial charge in [-0.15, -0.1) is 0 Å². The van der Waals surface area contributed by atoms with Gasteiger partial charge in [-0.1, -0.05) is 0 Å². The van der Waals surface area contributed by atoms with E-state index in [4.69, 9.17) is 10.6 Å². The van der Waals surface area contributed by atoms with Crippen molar-refractivity contribution in [2.24, 2.45) is 11.8 Å². The summed E-state index contributed by atoms with van der Waals surface area (Å²) in [6.45, 7) is 3.69. The number of rotatable bonds is 5. The monoisotopic (exact) mass is 267 g/mol. The number of nitrogens with one attached hydrogen (secondary N) is 2. The molecule has 0 aromatic carbocycles. The molecular formula is C11H21N7O. The van der Waals surface area contributed by atoms with Crippen molar-refractivity contribution >= 4 is 17.8 Å². The minimum absolute atomic E-state index is 0.273. The second kappa shape index (κ2) is 5.98. The van der Waals surface area contributed by atoms with Crippen LogP contribution in [0.2, 0.25) is 0 Å². The third kappa shape index (κ3) is 3.42. The number of aromatic nitrogens is 3. The number of nitrogens with zero attached hydrogens (tertiary/aromatic N) is 4. The zero-order valence-electron chi connectivity index (χ0n) is 11.6. The van der Waals surface area contributed by atoms with Crippen molar-refractivity contribution in [3.05, 3.63) is 0 Å². The van der Waals surface area contributed by atoms with Crippen molar-refractivity contribution in [2.75, 3.05) is 42.9 Å². The van der Waals surface area contributed by atoms with Gasteiger partial charge < -0.3 is 15.0 Å². The topological polar surface area (TPSA) is 101 Å². The van der Waals surface area contributed by atoms with Crippen LogP contribution in [-0.4, -0.2) is 48.3 Å². The first-order valence-corrected chi connectivity index (χ1v) is 6.35. The normalized spacial score (nSPS) is 22.3. The third-order valence-electron chi connectivity index (χ3n) is 3.21. The molecule has 19 heavy (non-hydrogen) atoms. The van der Waals surface area contributed by atoms with Crippen molar-refractivity contribution in [1.82, 2.24) is 15.0 Å². The van der Waals surface area contributed by atoms with Crippen molar-refractivity contribution in [2.45, 2.75) is 19.4 Å². The van der Waals surface area contributed by atoms with Crippen molar-refractivity contribution in [3.63, 3.8) is 0 Å². The van der Waals surface area contributed by atoms with E-state index in [1.165, 1.54) is 0 Å². The lowest BCUT2D eigenvalue weighted by Crippen LogP contribution is -2.23. The maximum atomic E-state index is 5.53. The van der Waals surface area contributed by atoms with Crippen LogP contribution in [0.3, 0.4) is 0 Å². The summed E-state index contributed by atoms with van der Waals surface area (Å²) >= 11 is 0. The number of nitrogen functional groups attached to an aromatic ring is 1. The summed E-state index contributed by atoms with van der Waals surface area (Å²) in [4.78, 5) is 14.5. The summed E-state index contributed by atoms with van der Waals surface area (Å²) in [5.74, 6) is 7.26. The molecule has 8 heteroatoms. The predicted octanol–water partition coefficient (Wildman–Crippen LogP) is 0.0601. The summed E-state index contributed by atoms with van der Waals surface area (Å²) in [5.41, 5.74) is 2.45. The molecule has 1 aliphatic rings. The first kappa shape index (κ1) is 13.8. The largest absolute Gasteiger partial charge is 0.378 e. The predicted molar refractivity (Wildman–Crippen MR) is 74.0 cm³/mol. The Bertz CT molecular complexity index is 426. The first-order valence-electron chi connectivity index (χ1n) is 6.35. The van der Waals surface area contributed by atoms with E-state index in [1.807, 2.05) is 14.1 Å². The van der Waals surface area contributed by atoms with Gasteiger partial charge in [0, 0.05) is 33.2 Å². The van der Waals surface area contributed by atoms with Crippen LogP contribution in [0.15, 0.2) is 0 Å². The van der Waals surface area contributed by atoms with Gasteiger partial charge in [0.25, 0.3) is 0 Å². The average molecular weight is 267 g/mol. The lowest BCUT2D eigenvalue weighted by molar-refractivity contribution is 0.108. The highest BCUT2D eigenvalue weighted by molar-refractivity contribution is 5.42. The molecule has 0 radical (unpaired) electrons. The summed E-state index contributed by atoms with van der Waals surface area (Å²) < 4.78 is 5.53. The Morgan fingerprint density at radius 3 is 2.63 bits per heavy atom. The quantitative estimate of drug-likeness (QED) is 0.508. The fraction of sp³-hybridized carbons (Fsp3) is 0.727. The van der Waals surface area contributed by atoms with Crippen LogP contribution in [0, 0.1) is 5.92 Å². The second-order valence-corrected chi connectivity index (χ2v) is 4.83. The smallest absolute Gasteiger partial charge is 0.243 e. The van der Waals surface area contributed by atoms with Gasteiger partial charge in [-0.25, -0.2) is 5.84 Å². The third-order valence-corrected chi connectivity index (χ3v) is 3.21. The molecule has 0 aliphatic carbocycles. The molecule has 0 saturated carbocycles. The Balaban J connectivity index is 2.04. The summed E-state index contributed by atoms with van der Waals surface area (Å²) in [5, 5.41) is 3.22. The number of hydrogen-bond acceptors (Lipinski definition) is 8. The average Bonchev–Trinajstić information content (AvgIpc) is 2.81. The Kier molecular flexibility index (Phi) is 4.33. The van der Waals surface area contributed by atoms with E-state index >= 15 is 0 Å². The lowest BCUT2D eigenvalue weighted by Gasteiger charge is -2.16. The number of hydrazine groups is 1. The van der Waals surface area contributed by atoms with Crippen LogP contribution in [0.4, 0.5) is 17.8 Å². The van der Waals surface area contributed by atoms with Gasteiger partial charge in [0.05, 0.1) is 6.10 Å². The molecule has 1 fully saturated rings. The highest BCUT2D eigenvalue weighted by atomic mass is 16.5. The van der Waals surface area contributed by atoms with E-state index in [-0.39, 0.29) is 6.10 Å². The molecule has 2 heterocycles. The zero-order valence-corrected chi connectivity index (χ0v) is 11.6. The van der Waals surface area contributed by atoms with Crippen molar-refractivity contribution < 1.29 is 4.74 Å². The molecular weight excluding hydrogens is 246 g/mol. The molecule has 0 bridgehead atoms. The van der Waals surface area contributed by atoms with Crippen LogP contribution < -0.4 is 21.5 Å². The minimum atomic E-state index is 0.273. The highest BCUT2D eigenvalue weighted by Crippen LogP contribution is 2.20. The van der Waals surface area contributed by atoms with Crippen molar-refractivity contribution in [3.8, 4) is 0 Å². The Hall–Kier alpha value is -1.67. The van der Waals surface area contributed by atoms with E-state index in [0.29, 0.717) is 23.8 Å². The number of nitrogens with two attached hydrogens (primary N) is 1. The summed E-state index contributed by atoms with van der Waals surface area (Å²) in [6, 6.07) is 0. The fourth-order valence-electron chi connectivity index (χ4n) is 1.97. The molecule has 2 unspecified atom stereocenters. The standard InChI is InChI=1S/C11H21N7O/c1-7-8(4-5-19-7)6-13-9-14-10(17-12)16-11(15-9)18(2)3/h7-8H,4-6,12H2,1-3H3,(H2,13,14,15,16,17). The number of ether oxygens (including phenoxy) is 1. The van der Waals surface area contributed by atoms with Gasteiger partial charge in [0.1, 0.15) is 0 Å². The molecule has 106 valence electrons. The Morgan fingerprint density at radius 2 is 2.05 bits per heavy atom. The van der Waals surface area contributed by atoms with Gasteiger partial charge >= 0.3 is 0 Å². The van der Waals surface area contributed by atoms with Crippen LogP contribution in [0.25, 0.3) is 0 Å². The molecule has 0 amide bonds. The molecule has 2 atom stereocenters. The summed E-state index contributed by atoms with van der Waals surface area (Å²) in [6.07, 6.45) is 1.33. The van der Waals surface area contributed by atoms with Crippen LogP contribution >= 0.6 is 0 Å². The summed E-state index contributed by atoms with van der Waals surface area (Å²) in [7, 11) is 3.73. The van der Waals surface area contributed by atoms with Gasteiger partial charge in [-0.2, -0.15) is 15.0 Å². The highest BCUT2D eigenvalue weighted by Gasteiger charge is 2.24. The van der Waals surface area contributed by atoms with E-state index in [1.54, 1.807) is 4.90 Å². The molecule has 0 spiro atoms. The second-order valence-electron chi connectivity index (χ2n) is 4.83. The van der Waals surface area contributed by atoms with E-state index in [9.17, 15) is 0 Å². The van der Waals surface area contributed by atoms with Gasteiger partial charge in [-0.05, 0) is 13.3 Å². The van der Waals surface area contributed by atoms with E-state index in [2.05, 4.69) is 32.6 Å². The van der Waals surface area contributed by atoms with Gasteiger partial charge in [-0.3, -0.25) is 5.43 Å². The lowest BCUT2D eigenvalue weighted by atomic mass is 10.0. The minimum Gasteiger partial charge on any atom is -0.378 e. The molecule has 2 rings (SSSR count). The molecule has 1 aromatic rings. The molecule has 1 saturated heterocycles. The Morgan fingerprint density at radius 1 is 1.32 bits per heavy atom. The van der Waals surface area contributed by atoms with Crippen LogP contribution in [-0.2, 0) is 4.74 Å². The fourth-order valence-corrected chi connectivity index (χ4v) is 1.97. The number of hydrogen-bond donors (Lipinski definition) is 3. The molecule has 1 aromatic heterocycles. The van der Waals surface area contributed by atoms with E-state index < -0.39 is 0 Å². The maximum absolute atomic E-state index is 5.53.